The van der Waals surface area contributed by atoms with Gasteiger partial charge in [0.05, 0.1) is 5.69 Å². The van der Waals surface area contributed by atoms with Gasteiger partial charge in [0.15, 0.2) is 12.1 Å². The van der Waals surface area contributed by atoms with E-state index in [0.717, 1.165) is 16.9 Å². The van der Waals surface area contributed by atoms with Gasteiger partial charge in [0, 0.05) is 5.69 Å². The number of nitrogens with zero attached hydrogens (tertiary/aromatic N) is 4. The molecule has 2 aromatic rings. The highest BCUT2D eigenvalue weighted by Gasteiger charge is 2.55. The summed E-state index contributed by atoms with van der Waals surface area (Å²) < 4.78 is 0. The molecule has 0 aromatic heterocycles. The van der Waals surface area contributed by atoms with Crippen LogP contribution >= 0.6 is 0 Å². The maximum atomic E-state index is 13.0. The first-order valence-electron chi connectivity index (χ1n) is 10.4. The van der Waals surface area contributed by atoms with Crippen molar-refractivity contribution in [3.8, 4) is 0 Å². The van der Waals surface area contributed by atoms with E-state index in [1.807, 2.05) is 43.3 Å². The van der Waals surface area contributed by atoms with Crippen molar-refractivity contribution in [2.45, 2.75) is 45.2 Å². The third kappa shape index (κ3) is 3.93. The van der Waals surface area contributed by atoms with Crippen molar-refractivity contribution in [2.75, 3.05) is 16.8 Å². The molecule has 3 amide bonds. The van der Waals surface area contributed by atoms with Crippen LogP contribution in [-0.2, 0) is 20.8 Å². The van der Waals surface area contributed by atoms with Crippen molar-refractivity contribution in [2.24, 2.45) is 10.3 Å². The molecule has 0 saturated carbocycles. The third-order valence-electron chi connectivity index (χ3n) is 5.63. The molecule has 2 aliphatic heterocycles. The first kappa shape index (κ1) is 20.7. The van der Waals surface area contributed by atoms with Gasteiger partial charge >= 0.3 is 0 Å². The number of anilines is 2. The van der Waals surface area contributed by atoms with Crippen LogP contribution in [0.1, 0.15) is 37.8 Å². The molecule has 0 radical (unpaired) electrons. The lowest BCUT2D eigenvalue weighted by atomic mass is 10.0. The Morgan fingerprint density at radius 3 is 2.32 bits per heavy atom. The molecular weight excluding hydrogens is 394 g/mol. The first-order valence-corrected chi connectivity index (χ1v) is 10.4. The molecule has 2 heterocycles. The first-order chi connectivity index (χ1) is 14.9. The fraction of sp³-hybridized carbons (Fsp3) is 0.348. The van der Waals surface area contributed by atoms with Crippen LogP contribution in [0, 0.1) is 0 Å². The van der Waals surface area contributed by atoms with Crippen molar-refractivity contribution >= 4 is 29.1 Å². The monoisotopic (exact) mass is 419 g/mol. The Balaban J connectivity index is 1.44. The summed E-state index contributed by atoms with van der Waals surface area (Å²) in [5, 5.41) is 12.0. The zero-order chi connectivity index (χ0) is 22.1. The van der Waals surface area contributed by atoms with Gasteiger partial charge in [-0.15, -0.1) is 0 Å². The van der Waals surface area contributed by atoms with Crippen molar-refractivity contribution in [1.82, 2.24) is 5.01 Å². The molecule has 2 atom stereocenters. The Morgan fingerprint density at radius 2 is 1.71 bits per heavy atom. The average molecular weight is 419 g/mol. The predicted molar refractivity (Wildman–Crippen MR) is 117 cm³/mol. The SMILES string of the molecule is CCc1ccc(N2C(=O)C3N=NN(CC(=O)Nc4ccc(C(C)C)cc4)C3C2=O)cc1. The van der Waals surface area contributed by atoms with Gasteiger partial charge in [-0.1, -0.05) is 50.3 Å². The molecule has 2 aliphatic rings. The summed E-state index contributed by atoms with van der Waals surface area (Å²) in [7, 11) is 0. The van der Waals surface area contributed by atoms with E-state index in [4.69, 9.17) is 0 Å². The normalized spacial score (nSPS) is 20.0. The van der Waals surface area contributed by atoms with Gasteiger partial charge < -0.3 is 5.32 Å². The summed E-state index contributed by atoms with van der Waals surface area (Å²) in [5.41, 5.74) is 3.46. The highest BCUT2D eigenvalue weighted by molar-refractivity contribution is 6.25. The molecule has 0 spiro atoms. The van der Waals surface area contributed by atoms with Gasteiger partial charge in [-0.3, -0.25) is 19.4 Å². The minimum atomic E-state index is -0.920. The number of nitrogens with one attached hydrogen (secondary N) is 1. The number of hydrogen-bond donors (Lipinski definition) is 1. The average Bonchev–Trinajstić information content (AvgIpc) is 3.28. The molecule has 4 rings (SSSR count). The molecule has 160 valence electrons. The van der Waals surface area contributed by atoms with Gasteiger partial charge in [-0.05, 0) is 47.7 Å². The van der Waals surface area contributed by atoms with Crippen LogP contribution in [-0.4, -0.2) is 41.4 Å². The topological polar surface area (TPSA) is 94.4 Å². The Labute approximate surface area is 180 Å². The van der Waals surface area contributed by atoms with Crippen LogP contribution in [0.3, 0.4) is 0 Å². The van der Waals surface area contributed by atoms with Crippen LogP contribution in [0.2, 0.25) is 0 Å². The highest BCUT2D eigenvalue weighted by atomic mass is 16.2. The Hall–Kier alpha value is -3.55. The Morgan fingerprint density at radius 1 is 1.03 bits per heavy atom. The second-order valence-electron chi connectivity index (χ2n) is 8.05. The molecular formula is C23H25N5O3. The predicted octanol–water partition coefficient (Wildman–Crippen LogP) is 3.30. The number of benzene rings is 2. The second-order valence-corrected chi connectivity index (χ2v) is 8.05. The van der Waals surface area contributed by atoms with E-state index in [9.17, 15) is 14.4 Å². The number of hydrogen-bond acceptors (Lipinski definition) is 6. The lowest BCUT2D eigenvalue weighted by Crippen LogP contribution is -2.43. The van der Waals surface area contributed by atoms with Crippen molar-refractivity contribution in [1.29, 1.82) is 0 Å². The molecule has 2 aromatic carbocycles. The molecule has 2 unspecified atom stereocenters. The summed E-state index contributed by atoms with van der Waals surface area (Å²) in [6.45, 7) is 6.07. The van der Waals surface area contributed by atoms with E-state index in [-0.39, 0.29) is 12.5 Å². The zero-order valence-electron chi connectivity index (χ0n) is 17.8. The minimum absolute atomic E-state index is 0.168. The van der Waals surface area contributed by atoms with E-state index in [0.29, 0.717) is 17.3 Å². The summed E-state index contributed by atoms with van der Waals surface area (Å²) in [5.74, 6) is -0.768. The van der Waals surface area contributed by atoms with Crippen LogP contribution in [0.25, 0.3) is 0 Å². The van der Waals surface area contributed by atoms with E-state index >= 15 is 0 Å². The van der Waals surface area contributed by atoms with E-state index in [2.05, 4.69) is 29.5 Å². The van der Waals surface area contributed by atoms with E-state index in [1.54, 1.807) is 12.1 Å². The molecule has 8 nitrogen and oxygen atoms in total. The van der Waals surface area contributed by atoms with Crippen molar-refractivity contribution < 1.29 is 14.4 Å². The van der Waals surface area contributed by atoms with Gasteiger partial charge in [0.25, 0.3) is 11.8 Å². The zero-order valence-corrected chi connectivity index (χ0v) is 17.8. The lowest BCUT2D eigenvalue weighted by molar-refractivity contribution is -0.123. The summed E-state index contributed by atoms with van der Waals surface area (Å²) in [4.78, 5) is 39.5. The second kappa shape index (κ2) is 8.29. The molecule has 31 heavy (non-hydrogen) atoms. The van der Waals surface area contributed by atoms with Crippen LogP contribution in [0.15, 0.2) is 58.9 Å². The van der Waals surface area contributed by atoms with Crippen LogP contribution in [0.5, 0.6) is 0 Å². The minimum Gasteiger partial charge on any atom is -0.324 e. The van der Waals surface area contributed by atoms with Crippen molar-refractivity contribution in [3.63, 3.8) is 0 Å². The largest absolute Gasteiger partial charge is 0.324 e. The number of amides is 3. The third-order valence-corrected chi connectivity index (χ3v) is 5.63. The molecule has 1 N–H and O–H groups in total. The molecule has 1 saturated heterocycles. The lowest BCUT2D eigenvalue weighted by Gasteiger charge is -2.20. The number of carbonyl (C=O) groups excluding carboxylic acids is 3. The number of imide groups is 1. The van der Waals surface area contributed by atoms with Crippen LogP contribution < -0.4 is 10.2 Å². The number of aryl methyl sites for hydroxylation is 1. The van der Waals surface area contributed by atoms with E-state index in [1.165, 1.54) is 10.6 Å². The Bertz CT molecular complexity index is 1030. The maximum absolute atomic E-state index is 13.0. The fourth-order valence-electron chi connectivity index (χ4n) is 3.79. The number of carbonyl (C=O) groups is 3. The van der Waals surface area contributed by atoms with E-state index < -0.39 is 23.9 Å². The molecule has 0 bridgehead atoms. The molecule has 8 heteroatoms. The summed E-state index contributed by atoms with van der Waals surface area (Å²) in [6, 6.07) is 13.1. The van der Waals surface area contributed by atoms with Gasteiger partial charge in [0.1, 0.15) is 6.54 Å². The fourth-order valence-corrected chi connectivity index (χ4v) is 3.79. The molecule has 1 fully saturated rings. The Kier molecular flexibility index (Phi) is 5.54. The van der Waals surface area contributed by atoms with Crippen molar-refractivity contribution in [3.05, 3.63) is 59.7 Å². The number of fused-ring (bicyclic) bond motifs is 1. The summed E-state index contributed by atoms with van der Waals surface area (Å²) >= 11 is 0. The van der Waals surface area contributed by atoms with Gasteiger partial charge in [0.2, 0.25) is 5.91 Å². The number of rotatable bonds is 6. The maximum Gasteiger partial charge on any atom is 0.263 e. The quantitative estimate of drug-likeness (QED) is 0.727. The highest BCUT2D eigenvalue weighted by Crippen LogP contribution is 2.32. The smallest absolute Gasteiger partial charge is 0.263 e. The van der Waals surface area contributed by atoms with Gasteiger partial charge in [-0.2, -0.15) is 5.11 Å². The molecule has 0 aliphatic carbocycles. The summed E-state index contributed by atoms with van der Waals surface area (Å²) in [6.07, 6.45) is 0.866. The van der Waals surface area contributed by atoms with Gasteiger partial charge in [-0.25, -0.2) is 4.90 Å². The van der Waals surface area contributed by atoms with Crippen LogP contribution in [0.4, 0.5) is 11.4 Å². The standard InChI is InChI=1S/C23H25N5O3/c1-4-15-5-11-18(12-6-15)28-22(30)20-21(23(28)31)27(26-25-20)13-19(29)24-17-9-7-16(8-10-17)14(2)3/h5-12,14,20-21H,4,13H2,1-3H3,(H,24,29).